The molecule has 1 aromatic heterocycles. The first-order valence-corrected chi connectivity index (χ1v) is 8.69. The van der Waals surface area contributed by atoms with E-state index in [0.717, 1.165) is 22.2 Å². The van der Waals surface area contributed by atoms with Crippen molar-refractivity contribution in [3.8, 4) is 0 Å². The minimum Gasteiger partial charge on any atom is -0.361 e. The topological polar surface area (TPSA) is 36.1 Å². The van der Waals surface area contributed by atoms with E-state index in [0.29, 0.717) is 5.56 Å². The average molecular weight is 340 g/mol. The Morgan fingerprint density at radius 1 is 0.846 bits per heavy atom. The highest BCUT2D eigenvalue weighted by molar-refractivity contribution is 6.04. The Morgan fingerprint density at radius 2 is 1.46 bits per heavy atom. The molecule has 0 saturated carbocycles. The zero-order valence-electron chi connectivity index (χ0n) is 14.6. The predicted octanol–water partition coefficient (Wildman–Crippen LogP) is 5.23. The quantitative estimate of drug-likeness (QED) is 0.505. The van der Waals surface area contributed by atoms with Gasteiger partial charge in [0.25, 0.3) is 0 Å². The molecular formula is C23H20N2O. The molecule has 0 amide bonds. The molecule has 0 aliphatic carbocycles. The number of hydrogen-bond acceptors (Lipinski definition) is 2. The van der Waals surface area contributed by atoms with Crippen LogP contribution >= 0.6 is 0 Å². The number of likely N-dealkylation sites (N-methyl/N-ethyl adjacent to an activating group) is 1. The summed E-state index contributed by atoms with van der Waals surface area (Å²) in [6.07, 6.45) is 1.95. The number of fused-ring (bicyclic) bond motifs is 1. The number of H-pyrrole nitrogens is 1. The number of carbonyl (C=O) groups excluding carboxylic acids is 1. The van der Waals surface area contributed by atoms with Crippen LogP contribution in [0.25, 0.3) is 10.9 Å². The van der Waals surface area contributed by atoms with Gasteiger partial charge in [0, 0.05) is 41.0 Å². The summed E-state index contributed by atoms with van der Waals surface area (Å²) in [6.45, 7) is 0. The third-order valence-corrected chi connectivity index (χ3v) is 4.77. The van der Waals surface area contributed by atoms with Gasteiger partial charge in [-0.2, -0.15) is 0 Å². The summed E-state index contributed by atoms with van der Waals surface area (Å²) >= 11 is 0. The first kappa shape index (κ1) is 16.2. The van der Waals surface area contributed by atoms with Crippen molar-refractivity contribution in [2.45, 2.75) is 6.04 Å². The fraction of sp³-hybridized carbons (Fsp3) is 0.0870. The second kappa shape index (κ2) is 6.89. The van der Waals surface area contributed by atoms with Gasteiger partial charge in [0.1, 0.15) is 6.04 Å². The van der Waals surface area contributed by atoms with Gasteiger partial charge in [0.05, 0.1) is 0 Å². The molecule has 1 heterocycles. The van der Waals surface area contributed by atoms with Crippen LogP contribution in [0, 0.1) is 0 Å². The number of Topliss-reactive ketones (excluding diaryl/α,β-unsaturated/α-hetero) is 1. The normalized spacial score (nSPS) is 12.0. The Kier molecular flexibility index (Phi) is 4.28. The van der Waals surface area contributed by atoms with E-state index in [1.54, 1.807) is 0 Å². The lowest BCUT2D eigenvalue weighted by Gasteiger charge is -2.29. The summed E-state index contributed by atoms with van der Waals surface area (Å²) in [4.78, 5) is 18.8. The molecule has 4 aromatic rings. The average Bonchev–Trinajstić information content (AvgIpc) is 3.13. The zero-order chi connectivity index (χ0) is 17.9. The number of ketones is 1. The maximum absolute atomic E-state index is 13.4. The van der Waals surface area contributed by atoms with Crippen LogP contribution in [-0.2, 0) is 0 Å². The van der Waals surface area contributed by atoms with Crippen LogP contribution in [-0.4, -0.2) is 17.8 Å². The maximum Gasteiger partial charge on any atom is 0.189 e. The summed E-state index contributed by atoms with van der Waals surface area (Å²) in [6, 6.07) is 27.2. The van der Waals surface area contributed by atoms with Crippen LogP contribution in [0.15, 0.2) is 91.1 Å². The summed E-state index contributed by atoms with van der Waals surface area (Å²) < 4.78 is 0. The fourth-order valence-electron chi connectivity index (χ4n) is 3.42. The fourth-order valence-corrected chi connectivity index (χ4v) is 3.42. The van der Waals surface area contributed by atoms with Gasteiger partial charge in [-0.05, 0) is 18.2 Å². The molecular weight excluding hydrogens is 320 g/mol. The van der Waals surface area contributed by atoms with Gasteiger partial charge in [-0.15, -0.1) is 0 Å². The first-order valence-electron chi connectivity index (χ1n) is 8.69. The van der Waals surface area contributed by atoms with E-state index in [-0.39, 0.29) is 5.78 Å². The molecule has 3 heteroatoms. The molecule has 0 aliphatic rings. The van der Waals surface area contributed by atoms with Crippen molar-refractivity contribution < 1.29 is 4.79 Å². The molecule has 128 valence electrons. The van der Waals surface area contributed by atoms with E-state index >= 15 is 0 Å². The molecule has 3 nitrogen and oxygen atoms in total. The molecule has 1 atom stereocenters. The van der Waals surface area contributed by atoms with Crippen LogP contribution in [0.5, 0.6) is 0 Å². The summed E-state index contributed by atoms with van der Waals surface area (Å²) in [5.74, 6) is 0.0849. The predicted molar refractivity (Wildman–Crippen MR) is 107 cm³/mol. The van der Waals surface area contributed by atoms with Crippen molar-refractivity contribution in [3.05, 3.63) is 102 Å². The minimum atomic E-state index is -0.407. The monoisotopic (exact) mass is 340 g/mol. The van der Waals surface area contributed by atoms with E-state index < -0.39 is 6.04 Å². The smallest absolute Gasteiger partial charge is 0.189 e. The van der Waals surface area contributed by atoms with Crippen molar-refractivity contribution in [2.75, 3.05) is 11.9 Å². The number of aromatic nitrogens is 1. The van der Waals surface area contributed by atoms with E-state index in [1.807, 2.05) is 97.0 Å². The molecule has 26 heavy (non-hydrogen) atoms. The summed E-state index contributed by atoms with van der Waals surface area (Å²) in [5, 5.41) is 1.07. The lowest BCUT2D eigenvalue weighted by molar-refractivity contribution is 0.0960. The number of benzene rings is 3. The van der Waals surface area contributed by atoms with E-state index in [4.69, 9.17) is 0 Å². The highest BCUT2D eigenvalue weighted by atomic mass is 16.1. The van der Waals surface area contributed by atoms with Gasteiger partial charge in [-0.1, -0.05) is 66.7 Å². The zero-order valence-corrected chi connectivity index (χ0v) is 14.6. The lowest BCUT2D eigenvalue weighted by Crippen LogP contribution is -2.31. The summed E-state index contributed by atoms with van der Waals surface area (Å²) in [5.41, 5.74) is 3.74. The van der Waals surface area contributed by atoms with Gasteiger partial charge in [-0.3, -0.25) is 4.79 Å². The highest BCUT2D eigenvalue weighted by Crippen LogP contribution is 2.33. The Balaban J connectivity index is 1.85. The highest BCUT2D eigenvalue weighted by Gasteiger charge is 2.28. The molecule has 0 fully saturated rings. The number of aromatic amines is 1. The van der Waals surface area contributed by atoms with E-state index in [2.05, 4.69) is 11.1 Å². The van der Waals surface area contributed by atoms with Gasteiger partial charge < -0.3 is 9.88 Å². The number of nitrogens with zero attached hydrogens (tertiary/aromatic N) is 1. The SMILES string of the molecule is CN(c1ccccc1)C(C(=O)c1ccccc1)c1c[nH]c2ccccc12. The molecule has 0 radical (unpaired) electrons. The van der Waals surface area contributed by atoms with Crippen molar-refractivity contribution >= 4 is 22.4 Å². The van der Waals surface area contributed by atoms with Crippen molar-refractivity contribution in [3.63, 3.8) is 0 Å². The molecule has 3 aromatic carbocycles. The van der Waals surface area contributed by atoms with Crippen LogP contribution < -0.4 is 4.90 Å². The maximum atomic E-state index is 13.4. The van der Waals surface area contributed by atoms with Crippen LogP contribution in [0.2, 0.25) is 0 Å². The Labute approximate surface area is 152 Å². The van der Waals surface area contributed by atoms with Gasteiger partial charge in [0.15, 0.2) is 5.78 Å². The number of carbonyl (C=O) groups is 1. The van der Waals surface area contributed by atoms with Crippen molar-refractivity contribution in [1.29, 1.82) is 0 Å². The number of nitrogens with one attached hydrogen (secondary N) is 1. The number of anilines is 1. The Morgan fingerprint density at radius 3 is 2.19 bits per heavy atom. The second-order valence-corrected chi connectivity index (χ2v) is 6.37. The first-order chi connectivity index (χ1) is 12.8. The lowest BCUT2D eigenvalue weighted by atomic mass is 9.95. The molecule has 4 rings (SSSR count). The Bertz CT molecular complexity index is 1020. The minimum absolute atomic E-state index is 0.0849. The van der Waals surface area contributed by atoms with Crippen LogP contribution in [0.3, 0.4) is 0 Å². The number of rotatable bonds is 5. The molecule has 0 spiro atoms. The van der Waals surface area contributed by atoms with Crippen molar-refractivity contribution in [1.82, 2.24) is 4.98 Å². The van der Waals surface area contributed by atoms with Gasteiger partial charge in [-0.25, -0.2) is 0 Å². The Hall–Kier alpha value is -3.33. The molecule has 1 N–H and O–H groups in total. The van der Waals surface area contributed by atoms with Gasteiger partial charge in [0.2, 0.25) is 0 Å². The molecule has 0 bridgehead atoms. The standard InChI is InChI=1S/C23H20N2O/c1-25(18-12-6-3-7-13-18)22(23(26)17-10-4-2-5-11-17)20-16-24-21-15-9-8-14-19(20)21/h2-16,22,24H,1H3. The van der Waals surface area contributed by atoms with Gasteiger partial charge >= 0.3 is 0 Å². The molecule has 1 unspecified atom stereocenters. The number of hydrogen-bond donors (Lipinski definition) is 1. The molecule has 0 aliphatic heterocycles. The van der Waals surface area contributed by atoms with Crippen LogP contribution in [0.4, 0.5) is 5.69 Å². The third kappa shape index (κ3) is 2.88. The van der Waals surface area contributed by atoms with Crippen LogP contribution in [0.1, 0.15) is 22.0 Å². The largest absolute Gasteiger partial charge is 0.361 e. The second-order valence-electron chi connectivity index (χ2n) is 6.37. The van der Waals surface area contributed by atoms with Crippen molar-refractivity contribution in [2.24, 2.45) is 0 Å². The summed E-state index contributed by atoms with van der Waals surface area (Å²) in [7, 11) is 1.97. The number of para-hydroxylation sites is 2. The van der Waals surface area contributed by atoms with E-state index in [1.165, 1.54) is 0 Å². The molecule has 0 saturated heterocycles. The third-order valence-electron chi connectivity index (χ3n) is 4.77. The van der Waals surface area contributed by atoms with E-state index in [9.17, 15) is 4.79 Å².